The molecule has 0 bridgehead atoms. The molecular weight excluding hydrogens is 626 g/mol. The SMILES string of the molecule is CCCCNC(=O)[C@@H](C)N(Cc1ccc(Cl)cc1Cl)C(=O)CN(c1cccc(C(F)(F)F)c1)S(=O)(=O)c1ccc(C)cc1. The van der Waals surface area contributed by atoms with Crippen LogP contribution in [-0.4, -0.2) is 44.3 Å². The van der Waals surface area contributed by atoms with Gasteiger partial charge in [-0.25, -0.2) is 8.42 Å². The van der Waals surface area contributed by atoms with Gasteiger partial charge in [-0.2, -0.15) is 13.2 Å². The van der Waals surface area contributed by atoms with Gasteiger partial charge in [0.05, 0.1) is 16.1 Å². The third-order valence-corrected chi connectivity index (χ3v) is 9.08. The summed E-state index contributed by atoms with van der Waals surface area (Å²) in [5.41, 5.74) is -0.266. The lowest BCUT2D eigenvalue weighted by atomic mass is 10.1. The Labute approximate surface area is 259 Å². The number of aryl methyl sites for hydroxylation is 1. The number of halogens is 5. The number of hydrogen-bond acceptors (Lipinski definition) is 4. The Balaban J connectivity index is 2.09. The summed E-state index contributed by atoms with van der Waals surface area (Å²) in [5.74, 6) is -1.32. The first-order chi connectivity index (χ1) is 20.1. The third-order valence-electron chi connectivity index (χ3n) is 6.70. The van der Waals surface area contributed by atoms with Gasteiger partial charge in [0.25, 0.3) is 10.0 Å². The summed E-state index contributed by atoms with van der Waals surface area (Å²) in [7, 11) is -4.54. The van der Waals surface area contributed by atoms with Crippen molar-refractivity contribution in [3.8, 4) is 0 Å². The van der Waals surface area contributed by atoms with Crippen LogP contribution in [0.15, 0.2) is 71.6 Å². The lowest BCUT2D eigenvalue weighted by Gasteiger charge is -2.32. The van der Waals surface area contributed by atoms with Crippen LogP contribution in [0, 0.1) is 6.92 Å². The standard InChI is InChI=1S/C30H32Cl2F3N3O4S/c1-4-5-15-36-29(40)21(3)37(18-22-11-12-24(31)17-27(22)32)28(39)19-38(25-8-6-7-23(16-25)30(33,34)35)43(41,42)26-13-9-20(2)10-14-26/h6-14,16-17,21H,4-5,15,18-19H2,1-3H3,(H,36,40)/t21-/m1/s1. The topological polar surface area (TPSA) is 86.8 Å². The first-order valence-corrected chi connectivity index (χ1v) is 15.6. The second-order valence-electron chi connectivity index (χ2n) is 9.95. The molecule has 13 heteroatoms. The molecule has 1 atom stereocenters. The molecule has 1 N–H and O–H groups in total. The summed E-state index contributed by atoms with van der Waals surface area (Å²) < 4.78 is 69.1. The molecule has 232 valence electrons. The fraction of sp³-hybridized carbons (Fsp3) is 0.333. The molecule has 0 aliphatic rings. The first-order valence-electron chi connectivity index (χ1n) is 13.4. The molecule has 0 fully saturated rings. The Kier molecular flexibility index (Phi) is 11.5. The average Bonchev–Trinajstić information content (AvgIpc) is 2.95. The van der Waals surface area contributed by atoms with E-state index in [9.17, 15) is 31.2 Å². The number of sulfonamides is 1. The van der Waals surface area contributed by atoms with Crippen LogP contribution in [0.25, 0.3) is 0 Å². The molecule has 3 aromatic rings. The molecule has 0 heterocycles. The zero-order valence-corrected chi connectivity index (χ0v) is 26.1. The minimum atomic E-state index is -4.76. The maximum absolute atomic E-state index is 13.9. The van der Waals surface area contributed by atoms with Crippen LogP contribution in [0.3, 0.4) is 0 Å². The van der Waals surface area contributed by atoms with Gasteiger partial charge in [0, 0.05) is 23.1 Å². The quantitative estimate of drug-likeness (QED) is 0.216. The predicted molar refractivity (Wildman–Crippen MR) is 162 cm³/mol. The number of rotatable bonds is 12. The molecule has 2 amide bonds. The van der Waals surface area contributed by atoms with Crippen LogP contribution < -0.4 is 9.62 Å². The molecule has 3 aromatic carbocycles. The second kappa shape index (κ2) is 14.5. The Morgan fingerprint density at radius 2 is 1.67 bits per heavy atom. The van der Waals surface area contributed by atoms with E-state index in [0.29, 0.717) is 33.9 Å². The summed E-state index contributed by atoms with van der Waals surface area (Å²) in [6.07, 6.45) is -3.24. The average molecular weight is 659 g/mol. The van der Waals surface area contributed by atoms with Crippen molar-refractivity contribution in [1.82, 2.24) is 10.2 Å². The molecule has 0 saturated carbocycles. The number of benzene rings is 3. The minimum absolute atomic E-state index is 0.196. The van der Waals surface area contributed by atoms with Crippen LogP contribution in [0.4, 0.5) is 18.9 Å². The van der Waals surface area contributed by atoms with Crippen molar-refractivity contribution < 1.29 is 31.2 Å². The maximum atomic E-state index is 13.9. The summed E-state index contributed by atoms with van der Waals surface area (Å²) in [6, 6.07) is 12.9. The van der Waals surface area contributed by atoms with E-state index in [4.69, 9.17) is 23.2 Å². The lowest BCUT2D eigenvalue weighted by Crippen LogP contribution is -2.51. The summed E-state index contributed by atoms with van der Waals surface area (Å²) in [5, 5.41) is 3.31. The van der Waals surface area contributed by atoms with Crippen LogP contribution >= 0.6 is 23.2 Å². The van der Waals surface area contributed by atoms with Crippen LogP contribution in [0.5, 0.6) is 0 Å². The molecule has 0 saturated heterocycles. The molecule has 0 radical (unpaired) electrons. The smallest absolute Gasteiger partial charge is 0.354 e. The molecule has 0 unspecified atom stereocenters. The van der Waals surface area contributed by atoms with E-state index < -0.39 is 46.2 Å². The van der Waals surface area contributed by atoms with Crippen molar-refractivity contribution >= 4 is 50.7 Å². The largest absolute Gasteiger partial charge is 0.416 e. The predicted octanol–water partition coefficient (Wildman–Crippen LogP) is 6.85. The highest BCUT2D eigenvalue weighted by molar-refractivity contribution is 7.92. The number of carbonyl (C=O) groups is 2. The highest BCUT2D eigenvalue weighted by atomic mass is 35.5. The number of anilines is 1. The van der Waals surface area contributed by atoms with Crippen molar-refractivity contribution in [2.75, 3.05) is 17.4 Å². The first kappa shape index (κ1) is 34.2. The number of unbranched alkanes of at least 4 members (excludes halogenated alkanes) is 1. The van der Waals surface area contributed by atoms with Gasteiger partial charge in [0.2, 0.25) is 11.8 Å². The fourth-order valence-electron chi connectivity index (χ4n) is 4.16. The van der Waals surface area contributed by atoms with E-state index in [2.05, 4.69) is 5.32 Å². The minimum Gasteiger partial charge on any atom is -0.354 e. The monoisotopic (exact) mass is 657 g/mol. The van der Waals surface area contributed by atoms with Gasteiger partial charge in [0.1, 0.15) is 12.6 Å². The molecule has 7 nitrogen and oxygen atoms in total. The third kappa shape index (κ3) is 8.87. The van der Waals surface area contributed by atoms with E-state index in [1.807, 2.05) is 6.92 Å². The van der Waals surface area contributed by atoms with Crippen LogP contribution in [0.2, 0.25) is 10.0 Å². The Morgan fingerprint density at radius 1 is 1.00 bits per heavy atom. The maximum Gasteiger partial charge on any atom is 0.416 e. The van der Waals surface area contributed by atoms with Gasteiger partial charge in [0.15, 0.2) is 0 Å². The van der Waals surface area contributed by atoms with Gasteiger partial charge in [-0.15, -0.1) is 0 Å². The van der Waals surface area contributed by atoms with E-state index >= 15 is 0 Å². The Morgan fingerprint density at radius 3 is 2.28 bits per heavy atom. The van der Waals surface area contributed by atoms with Gasteiger partial charge in [-0.1, -0.05) is 66.4 Å². The molecule has 3 rings (SSSR count). The zero-order valence-electron chi connectivity index (χ0n) is 23.8. The number of amides is 2. The van der Waals surface area contributed by atoms with Crippen molar-refractivity contribution in [1.29, 1.82) is 0 Å². The van der Waals surface area contributed by atoms with E-state index in [1.54, 1.807) is 19.1 Å². The van der Waals surface area contributed by atoms with E-state index in [1.165, 1.54) is 43.3 Å². The number of nitrogens with zero attached hydrogens (tertiary/aromatic N) is 2. The normalized spacial score (nSPS) is 12.5. The van der Waals surface area contributed by atoms with Crippen molar-refractivity contribution in [2.24, 2.45) is 0 Å². The summed E-state index contributed by atoms with van der Waals surface area (Å²) in [6.45, 7) is 4.45. The zero-order chi connectivity index (χ0) is 31.9. The van der Waals surface area contributed by atoms with Gasteiger partial charge in [-0.3, -0.25) is 13.9 Å². The Bertz CT molecular complexity index is 1550. The fourth-order valence-corrected chi connectivity index (χ4v) is 6.03. The van der Waals surface area contributed by atoms with Crippen LogP contribution in [-0.2, 0) is 32.3 Å². The van der Waals surface area contributed by atoms with Gasteiger partial charge >= 0.3 is 6.18 Å². The molecule has 0 aromatic heterocycles. The molecular formula is C30H32Cl2F3N3O4S. The molecule has 43 heavy (non-hydrogen) atoms. The lowest BCUT2D eigenvalue weighted by molar-refractivity contribution is -0.139. The number of alkyl halides is 3. The van der Waals surface area contributed by atoms with Gasteiger partial charge < -0.3 is 10.2 Å². The number of nitrogens with one attached hydrogen (secondary N) is 1. The molecule has 0 aliphatic heterocycles. The van der Waals surface area contributed by atoms with E-state index in [-0.39, 0.29) is 22.2 Å². The number of hydrogen-bond donors (Lipinski definition) is 1. The van der Waals surface area contributed by atoms with Crippen molar-refractivity contribution in [3.05, 3.63) is 93.5 Å². The van der Waals surface area contributed by atoms with E-state index in [0.717, 1.165) is 29.0 Å². The number of carbonyl (C=O) groups excluding carboxylic acids is 2. The van der Waals surface area contributed by atoms with Gasteiger partial charge in [-0.05, 0) is 68.3 Å². The van der Waals surface area contributed by atoms with Crippen LogP contribution in [0.1, 0.15) is 43.4 Å². The second-order valence-corrected chi connectivity index (χ2v) is 12.7. The van der Waals surface area contributed by atoms with Crippen molar-refractivity contribution in [3.63, 3.8) is 0 Å². The molecule has 0 spiro atoms. The Hall–Kier alpha value is -3.28. The highest BCUT2D eigenvalue weighted by Gasteiger charge is 2.35. The highest BCUT2D eigenvalue weighted by Crippen LogP contribution is 2.33. The summed E-state index contributed by atoms with van der Waals surface area (Å²) >= 11 is 12.4. The summed E-state index contributed by atoms with van der Waals surface area (Å²) in [4.78, 5) is 27.9. The van der Waals surface area contributed by atoms with Crippen molar-refractivity contribution in [2.45, 2.75) is 57.3 Å². The molecule has 0 aliphatic carbocycles.